The van der Waals surface area contributed by atoms with Crippen LogP contribution in [0.4, 0.5) is 5.69 Å². The molecular weight excluding hydrogens is 316 g/mol. The Hall–Kier alpha value is -2.52. The van der Waals surface area contributed by atoms with Gasteiger partial charge >= 0.3 is 0 Å². The van der Waals surface area contributed by atoms with Crippen LogP contribution in [0.25, 0.3) is 0 Å². The highest BCUT2D eigenvalue weighted by Crippen LogP contribution is 2.18. The summed E-state index contributed by atoms with van der Waals surface area (Å²) in [5, 5.41) is 12.4. The first-order chi connectivity index (χ1) is 12.0. The van der Waals surface area contributed by atoms with E-state index in [4.69, 9.17) is 4.74 Å². The fourth-order valence-electron chi connectivity index (χ4n) is 2.85. The van der Waals surface area contributed by atoms with Crippen LogP contribution in [0.3, 0.4) is 0 Å². The molecule has 1 aromatic carbocycles. The van der Waals surface area contributed by atoms with E-state index < -0.39 is 0 Å². The van der Waals surface area contributed by atoms with E-state index in [0.717, 1.165) is 37.4 Å². The predicted octanol–water partition coefficient (Wildman–Crippen LogP) is 2.46. The number of hydrogen-bond donors (Lipinski definition) is 1. The first-order valence-corrected chi connectivity index (χ1v) is 8.60. The van der Waals surface area contributed by atoms with Crippen molar-refractivity contribution in [1.29, 1.82) is 5.26 Å². The summed E-state index contributed by atoms with van der Waals surface area (Å²) in [6.07, 6.45) is 3.34. The molecule has 1 aliphatic rings. The van der Waals surface area contributed by atoms with E-state index in [-0.39, 0.29) is 17.5 Å². The van der Waals surface area contributed by atoms with Crippen molar-refractivity contribution in [1.82, 2.24) is 9.80 Å². The number of piperidine rings is 1. The van der Waals surface area contributed by atoms with Gasteiger partial charge in [0.15, 0.2) is 0 Å². The molecule has 1 heterocycles. The number of benzene rings is 1. The Bertz CT molecular complexity index is 640. The number of carbonyl (C=O) groups is 1. The summed E-state index contributed by atoms with van der Waals surface area (Å²) < 4.78 is 5.39. The second-order valence-electron chi connectivity index (χ2n) is 6.22. The highest BCUT2D eigenvalue weighted by atomic mass is 16.5. The van der Waals surface area contributed by atoms with Crippen LogP contribution in [0.5, 0.6) is 5.75 Å². The van der Waals surface area contributed by atoms with Crippen molar-refractivity contribution in [2.75, 3.05) is 39.1 Å². The van der Waals surface area contributed by atoms with Gasteiger partial charge < -0.3 is 19.9 Å². The molecule has 134 valence electrons. The second kappa shape index (κ2) is 9.09. The number of anilines is 1. The number of likely N-dealkylation sites (tertiary alicyclic amines) is 1. The third-order valence-electron chi connectivity index (χ3n) is 4.46. The van der Waals surface area contributed by atoms with Crippen molar-refractivity contribution < 1.29 is 9.53 Å². The van der Waals surface area contributed by atoms with Gasteiger partial charge in [-0.2, -0.15) is 5.26 Å². The van der Waals surface area contributed by atoms with E-state index in [2.05, 4.69) is 17.3 Å². The largest absolute Gasteiger partial charge is 0.494 e. The van der Waals surface area contributed by atoms with Gasteiger partial charge in [-0.15, -0.1) is 0 Å². The molecule has 1 aliphatic heterocycles. The first-order valence-electron chi connectivity index (χ1n) is 8.60. The number of carbonyl (C=O) groups excluding carboxylic acids is 1. The van der Waals surface area contributed by atoms with Gasteiger partial charge in [0.25, 0.3) is 5.91 Å². The molecule has 1 N–H and O–H groups in total. The minimum atomic E-state index is -0.240. The fraction of sp³-hybridized carbons (Fsp3) is 0.474. The summed E-state index contributed by atoms with van der Waals surface area (Å²) in [7, 11) is 3.86. The lowest BCUT2D eigenvalue weighted by Crippen LogP contribution is -2.44. The van der Waals surface area contributed by atoms with Gasteiger partial charge in [0.2, 0.25) is 0 Å². The topological polar surface area (TPSA) is 68.6 Å². The third kappa shape index (κ3) is 5.23. The summed E-state index contributed by atoms with van der Waals surface area (Å²) in [5.74, 6) is 0.547. The average molecular weight is 342 g/mol. The number of ether oxygens (including phenoxy) is 1. The summed E-state index contributed by atoms with van der Waals surface area (Å²) in [5.41, 5.74) is 0.904. The highest BCUT2D eigenvalue weighted by molar-refractivity contribution is 5.97. The lowest BCUT2D eigenvalue weighted by Gasteiger charge is -2.34. The predicted molar refractivity (Wildman–Crippen MR) is 98.2 cm³/mol. The Morgan fingerprint density at radius 1 is 1.40 bits per heavy atom. The van der Waals surface area contributed by atoms with E-state index in [1.54, 1.807) is 11.9 Å². The summed E-state index contributed by atoms with van der Waals surface area (Å²) in [4.78, 5) is 16.5. The Labute approximate surface area is 149 Å². The number of nitrogens with zero attached hydrogens (tertiary/aromatic N) is 3. The summed E-state index contributed by atoms with van der Waals surface area (Å²) in [6.45, 7) is 4.49. The summed E-state index contributed by atoms with van der Waals surface area (Å²) >= 11 is 0. The second-order valence-corrected chi connectivity index (χ2v) is 6.22. The SMILES string of the molecule is CCOc1ccc(N/C=C(/C#N)C(=O)N(C)C2CCN(C)CC2)cc1. The van der Waals surface area contributed by atoms with Crippen LogP contribution in [0.2, 0.25) is 0 Å². The fourth-order valence-corrected chi connectivity index (χ4v) is 2.85. The van der Waals surface area contributed by atoms with Crippen LogP contribution in [-0.2, 0) is 4.79 Å². The molecule has 0 aliphatic carbocycles. The van der Waals surface area contributed by atoms with Gasteiger partial charge in [-0.25, -0.2) is 0 Å². The number of likely N-dealkylation sites (N-methyl/N-ethyl adjacent to an activating group) is 1. The molecule has 0 bridgehead atoms. The molecule has 1 saturated heterocycles. The number of amides is 1. The molecule has 1 amide bonds. The monoisotopic (exact) mass is 342 g/mol. The molecule has 0 unspecified atom stereocenters. The van der Waals surface area contributed by atoms with Crippen molar-refractivity contribution >= 4 is 11.6 Å². The lowest BCUT2D eigenvalue weighted by atomic mass is 10.0. The quantitative estimate of drug-likeness (QED) is 0.635. The number of rotatable bonds is 6. The van der Waals surface area contributed by atoms with Crippen LogP contribution in [-0.4, -0.2) is 55.5 Å². The minimum Gasteiger partial charge on any atom is -0.494 e. The van der Waals surface area contributed by atoms with Crippen LogP contribution in [0.1, 0.15) is 19.8 Å². The van der Waals surface area contributed by atoms with Crippen molar-refractivity contribution in [2.24, 2.45) is 0 Å². The van der Waals surface area contributed by atoms with Gasteiger partial charge in [0.1, 0.15) is 17.4 Å². The third-order valence-corrected chi connectivity index (χ3v) is 4.46. The first kappa shape index (κ1) is 18.8. The molecule has 1 fully saturated rings. The van der Waals surface area contributed by atoms with Gasteiger partial charge in [-0.1, -0.05) is 0 Å². The van der Waals surface area contributed by atoms with Crippen LogP contribution >= 0.6 is 0 Å². The van der Waals surface area contributed by atoms with E-state index in [0.29, 0.717) is 6.61 Å². The van der Waals surface area contributed by atoms with Crippen molar-refractivity contribution in [3.63, 3.8) is 0 Å². The van der Waals surface area contributed by atoms with E-state index in [1.165, 1.54) is 6.20 Å². The highest BCUT2D eigenvalue weighted by Gasteiger charge is 2.25. The standard InChI is InChI=1S/C19H26N4O2/c1-4-25-18-7-5-16(6-8-18)21-14-15(13-20)19(24)23(3)17-9-11-22(2)12-10-17/h5-8,14,17,21H,4,9-12H2,1-3H3/b15-14-. The van der Waals surface area contributed by atoms with E-state index >= 15 is 0 Å². The summed E-state index contributed by atoms with van der Waals surface area (Å²) in [6, 6.07) is 9.58. The number of nitriles is 1. The molecule has 25 heavy (non-hydrogen) atoms. The maximum Gasteiger partial charge on any atom is 0.266 e. The number of nitrogens with one attached hydrogen (secondary N) is 1. The molecule has 6 nitrogen and oxygen atoms in total. The normalized spacial score (nSPS) is 16.2. The number of hydrogen-bond acceptors (Lipinski definition) is 5. The minimum absolute atomic E-state index is 0.107. The zero-order valence-electron chi connectivity index (χ0n) is 15.2. The van der Waals surface area contributed by atoms with Gasteiger partial charge in [-0.3, -0.25) is 4.79 Å². The van der Waals surface area contributed by atoms with Crippen LogP contribution < -0.4 is 10.1 Å². The maximum absolute atomic E-state index is 12.6. The lowest BCUT2D eigenvalue weighted by molar-refractivity contribution is -0.128. The van der Waals surface area contributed by atoms with E-state index in [1.807, 2.05) is 37.3 Å². The van der Waals surface area contributed by atoms with Crippen LogP contribution in [0.15, 0.2) is 36.0 Å². The molecule has 0 spiro atoms. The molecule has 1 aromatic rings. The molecule has 0 atom stereocenters. The van der Waals surface area contributed by atoms with Gasteiger partial charge in [-0.05, 0) is 64.2 Å². The zero-order valence-corrected chi connectivity index (χ0v) is 15.2. The van der Waals surface area contributed by atoms with Crippen molar-refractivity contribution in [2.45, 2.75) is 25.8 Å². The van der Waals surface area contributed by atoms with Gasteiger partial charge in [0, 0.05) is 25.0 Å². The van der Waals surface area contributed by atoms with Crippen molar-refractivity contribution in [3.05, 3.63) is 36.0 Å². The molecule has 2 rings (SSSR count). The Morgan fingerprint density at radius 2 is 2.04 bits per heavy atom. The molecule has 6 heteroatoms. The van der Waals surface area contributed by atoms with E-state index in [9.17, 15) is 10.1 Å². The van der Waals surface area contributed by atoms with Crippen molar-refractivity contribution in [3.8, 4) is 11.8 Å². The molecule has 0 aromatic heterocycles. The zero-order chi connectivity index (χ0) is 18.2. The Balaban J connectivity index is 1.98. The van der Waals surface area contributed by atoms with Gasteiger partial charge in [0.05, 0.1) is 6.61 Å². The van der Waals surface area contributed by atoms with Crippen LogP contribution in [0, 0.1) is 11.3 Å². The Kier molecular flexibility index (Phi) is 6.84. The molecule has 0 saturated carbocycles. The molecule has 0 radical (unpaired) electrons. The average Bonchev–Trinajstić information content (AvgIpc) is 2.63. The maximum atomic E-state index is 12.6. The smallest absolute Gasteiger partial charge is 0.266 e. The Morgan fingerprint density at radius 3 is 2.60 bits per heavy atom. The molecular formula is C19H26N4O2.